The molecule has 0 saturated carbocycles. The van der Waals surface area contributed by atoms with Gasteiger partial charge >= 0.3 is 0 Å². The van der Waals surface area contributed by atoms with E-state index in [2.05, 4.69) is 22.5 Å². The van der Waals surface area contributed by atoms with Crippen molar-refractivity contribution in [3.8, 4) is 0 Å². The van der Waals surface area contributed by atoms with Crippen LogP contribution in [0, 0.1) is 0 Å². The van der Waals surface area contributed by atoms with Gasteiger partial charge in [0.15, 0.2) is 5.96 Å². The van der Waals surface area contributed by atoms with Crippen LogP contribution >= 0.6 is 24.0 Å². The first-order chi connectivity index (χ1) is 9.60. The number of guanidine groups is 1. The number of unbranched alkanes of at least 4 members (excludes halogenated alkanes) is 1. The van der Waals surface area contributed by atoms with Crippen molar-refractivity contribution in [3.05, 3.63) is 35.9 Å². The third-order valence-corrected chi connectivity index (χ3v) is 3.11. The molecule has 0 fully saturated rings. The Hall–Kier alpha value is -0.820. The molecule has 3 N–H and O–H groups in total. The fraction of sp³-hybridized carbons (Fsp3) is 0.562. The van der Waals surface area contributed by atoms with Crippen LogP contribution < -0.4 is 10.6 Å². The van der Waals surface area contributed by atoms with Gasteiger partial charge in [-0.25, -0.2) is 4.99 Å². The Morgan fingerprint density at radius 1 is 1.19 bits per heavy atom. The van der Waals surface area contributed by atoms with E-state index < -0.39 is 5.60 Å². The molecule has 1 unspecified atom stereocenters. The molecule has 0 radical (unpaired) electrons. The number of aliphatic hydroxyl groups is 1. The van der Waals surface area contributed by atoms with Gasteiger partial charge in [-0.2, -0.15) is 0 Å². The second kappa shape index (κ2) is 10.8. The number of nitrogens with one attached hydrogen (secondary N) is 2. The van der Waals surface area contributed by atoms with Gasteiger partial charge in [0.25, 0.3) is 0 Å². The minimum atomic E-state index is -0.950. The standard InChI is InChI=1S/C16H27N3O.HI/c1-4-6-12-18-15(17-5-2)19-13-16(3,20)14-10-8-7-9-11-14;/h7-11,20H,4-6,12-13H2,1-3H3,(H2,17,18,19);1H. The quantitative estimate of drug-likeness (QED) is 0.283. The second-order valence-electron chi connectivity index (χ2n) is 5.12. The lowest BCUT2D eigenvalue weighted by Crippen LogP contribution is -2.39. The SMILES string of the molecule is CCCCNC(=NCC(C)(O)c1ccccc1)NCC.I. The molecule has 0 aromatic heterocycles. The van der Waals surface area contributed by atoms with Crippen LogP contribution in [0.1, 0.15) is 39.2 Å². The van der Waals surface area contributed by atoms with Crippen molar-refractivity contribution in [2.45, 2.75) is 39.2 Å². The van der Waals surface area contributed by atoms with E-state index in [0.29, 0.717) is 6.54 Å². The normalized spacial score (nSPS) is 14.0. The predicted octanol–water partition coefficient (Wildman–Crippen LogP) is 2.87. The summed E-state index contributed by atoms with van der Waals surface area (Å²) in [7, 11) is 0. The number of nitrogens with zero attached hydrogens (tertiary/aromatic N) is 1. The topological polar surface area (TPSA) is 56.7 Å². The van der Waals surface area contributed by atoms with E-state index in [9.17, 15) is 5.11 Å². The smallest absolute Gasteiger partial charge is 0.191 e. The molecule has 0 spiro atoms. The highest BCUT2D eigenvalue weighted by molar-refractivity contribution is 14.0. The van der Waals surface area contributed by atoms with Crippen LogP contribution in [0.15, 0.2) is 35.3 Å². The largest absolute Gasteiger partial charge is 0.384 e. The van der Waals surface area contributed by atoms with Gasteiger partial charge in [0.2, 0.25) is 0 Å². The Morgan fingerprint density at radius 3 is 2.43 bits per heavy atom. The summed E-state index contributed by atoms with van der Waals surface area (Å²) in [6, 6.07) is 9.65. The van der Waals surface area contributed by atoms with Crippen molar-refractivity contribution in [2.24, 2.45) is 4.99 Å². The van der Waals surface area contributed by atoms with Crippen molar-refractivity contribution in [1.82, 2.24) is 10.6 Å². The maximum absolute atomic E-state index is 10.5. The summed E-state index contributed by atoms with van der Waals surface area (Å²) in [5, 5.41) is 17.0. The minimum absolute atomic E-state index is 0. The van der Waals surface area contributed by atoms with Crippen LogP contribution in [0.5, 0.6) is 0 Å². The molecular weight excluding hydrogens is 377 g/mol. The third kappa shape index (κ3) is 7.66. The molecule has 0 amide bonds. The van der Waals surface area contributed by atoms with Crippen LogP contribution in [0.4, 0.5) is 0 Å². The molecule has 1 aromatic carbocycles. The van der Waals surface area contributed by atoms with Gasteiger partial charge < -0.3 is 15.7 Å². The number of rotatable bonds is 7. The predicted molar refractivity (Wildman–Crippen MR) is 100 cm³/mol. The van der Waals surface area contributed by atoms with E-state index in [1.165, 1.54) is 0 Å². The van der Waals surface area contributed by atoms with Gasteiger partial charge in [0.05, 0.1) is 6.54 Å². The summed E-state index contributed by atoms with van der Waals surface area (Å²) in [5.74, 6) is 0.761. The molecule has 21 heavy (non-hydrogen) atoms. The highest BCUT2D eigenvalue weighted by Crippen LogP contribution is 2.20. The van der Waals surface area contributed by atoms with E-state index in [4.69, 9.17) is 0 Å². The maximum atomic E-state index is 10.5. The summed E-state index contributed by atoms with van der Waals surface area (Å²) < 4.78 is 0. The van der Waals surface area contributed by atoms with E-state index in [1.54, 1.807) is 6.92 Å². The van der Waals surface area contributed by atoms with E-state index >= 15 is 0 Å². The van der Waals surface area contributed by atoms with Crippen LogP contribution in [-0.2, 0) is 5.60 Å². The summed E-state index contributed by atoms with van der Waals surface area (Å²) >= 11 is 0. The first-order valence-electron chi connectivity index (χ1n) is 7.40. The highest BCUT2D eigenvalue weighted by atomic mass is 127. The molecule has 5 heteroatoms. The Labute approximate surface area is 145 Å². The van der Waals surface area contributed by atoms with E-state index in [0.717, 1.165) is 37.5 Å². The van der Waals surface area contributed by atoms with Gasteiger partial charge in [-0.3, -0.25) is 0 Å². The summed E-state index contributed by atoms with van der Waals surface area (Å²) in [5.41, 5.74) is -0.0675. The van der Waals surface area contributed by atoms with Crippen molar-refractivity contribution < 1.29 is 5.11 Å². The Bertz CT molecular complexity index is 407. The average molecular weight is 405 g/mol. The maximum Gasteiger partial charge on any atom is 0.191 e. The zero-order chi connectivity index (χ0) is 14.8. The summed E-state index contributed by atoms with van der Waals surface area (Å²) in [6.45, 7) is 8.03. The second-order valence-corrected chi connectivity index (χ2v) is 5.12. The summed E-state index contributed by atoms with van der Waals surface area (Å²) in [6.07, 6.45) is 2.26. The van der Waals surface area contributed by atoms with Crippen LogP contribution in [0.25, 0.3) is 0 Å². The van der Waals surface area contributed by atoms with Gasteiger partial charge in [0.1, 0.15) is 5.60 Å². The fourth-order valence-corrected chi connectivity index (χ4v) is 1.85. The van der Waals surface area contributed by atoms with Crippen LogP contribution in [0.2, 0.25) is 0 Å². The minimum Gasteiger partial charge on any atom is -0.384 e. The lowest BCUT2D eigenvalue weighted by atomic mass is 9.96. The number of benzene rings is 1. The monoisotopic (exact) mass is 405 g/mol. The Morgan fingerprint density at radius 2 is 1.86 bits per heavy atom. The fourth-order valence-electron chi connectivity index (χ4n) is 1.85. The molecule has 0 aliphatic rings. The van der Waals surface area contributed by atoms with Crippen molar-refractivity contribution in [3.63, 3.8) is 0 Å². The molecule has 0 heterocycles. The van der Waals surface area contributed by atoms with Crippen LogP contribution in [0.3, 0.4) is 0 Å². The van der Waals surface area contributed by atoms with Crippen molar-refractivity contribution in [2.75, 3.05) is 19.6 Å². The number of hydrogen-bond donors (Lipinski definition) is 3. The number of halogens is 1. The van der Waals surface area contributed by atoms with Crippen LogP contribution in [-0.4, -0.2) is 30.7 Å². The van der Waals surface area contributed by atoms with Crippen molar-refractivity contribution >= 4 is 29.9 Å². The molecule has 0 aliphatic heterocycles. The van der Waals surface area contributed by atoms with Crippen molar-refractivity contribution in [1.29, 1.82) is 0 Å². The van der Waals surface area contributed by atoms with Gasteiger partial charge in [-0.05, 0) is 25.8 Å². The zero-order valence-electron chi connectivity index (χ0n) is 13.2. The first kappa shape index (κ1) is 20.2. The molecule has 0 bridgehead atoms. The average Bonchev–Trinajstić information content (AvgIpc) is 2.46. The zero-order valence-corrected chi connectivity index (χ0v) is 15.6. The molecule has 1 aromatic rings. The molecule has 4 nitrogen and oxygen atoms in total. The lowest BCUT2D eigenvalue weighted by Gasteiger charge is -2.22. The lowest BCUT2D eigenvalue weighted by molar-refractivity contribution is 0.0672. The molecule has 0 aliphatic carbocycles. The molecular formula is C16H28IN3O. The van der Waals surface area contributed by atoms with Gasteiger partial charge in [-0.15, -0.1) is 24.0 Å². The van der Waals surface area contributed by atoms with Gasteiger partial charge in [-0.1, -0.05) is 43.7 Å². The van der Waals surface area contributed by atoms with E-state index in [-0.39, 0.29) is 24.0 Å². The number of aliphatic imine (C=N–C) groups is 1. The molecule has 0 saturated heterocycles. The summed E-state index contributed by atoms with van der Waals surface area (Å²) in [4.78, 5) is 4.48. The Kier molecular flexibility index (Phi) is 10.4. The first-order valence-corrected chi connectivity index (χ1v) is 7.40. The molecule has 1 rings (SSSR count). The number of hydrogen-bond acceptors (Lipinski definition) is 2. The molecule has 120 valence electrons. The van der Waals surface area contributed by atoms with E-state index in [1.807, 2.05) is 37.3 Å². The molecule has 1 atom stereocenters. The highest BCUT2D eigenvalue weighted by Gasteiger charge is 2.22. The third-order valence-electron chi connectivity index (χ3n) is 3.11. The Balaban J connectivity index is 0.00000400. The van der Waals surface area contributed by atoms with Gasteiger partial charge in [0, 0.05) is 13.1 Å².